The maximum absolute atomic E-state index is 11.1. The molecule has 1 fully saturated rings. The summed E-state index contributed by atoms with van der Waals surface area (Å²) in [6.07, 6.45) is 2.42. The topological polar surface area (TPSA) is 75.9 Å². The lowest BCUT2D eigenvalue weighted by Crippen LogP contribution is -2.37. The quantitative estimate of drug-likeness (QED) is 0.897. The number of aromatic nitrogens is 4. The first kappa shape index (κ1) is 17.0. The molecule has 130 valence electrons. The van der Waals surface area contributed by atoms with Crippen LogP contribution in [0.4, 0.5) is 5.13 Å². The van der Waals surface area contributed by atoms with E-state index in [-0.39, 0.29) is 5.91 Å². The van der Waals surface area contributed by atoms with Crippen molar-refractivity contribution in [3.63, 3.8) is 0 Å². The molecule has 1 saturated heterocycles. The van der Waals surface area contributed by atoms with Crippen LogP contribution in [0, 0.1) is 19.8 Å². The number of piperidine rings is 1. The molecule has 1 amide bonds. The molecule has 0 bridgehead atoms. The Morgan fingerprint density at radius 1 is 1.42 bits per heavy atom. The summed E-state index contributed by atoms with van der Waals surface area (Å²) < 4.78 is 2.03. The number of hydrogen-bond acceptors (Lipinski definition) is 6. The fourth-order valence-corrected chi connectivity index (χ4v) is 3.99. The van der Waals surface area contributed by atoms with Crippen molar-refractivity contribution in [1.29, 1.82) is 0 Å². The number of amides is 1. The van der Waals surface area contributed by atoms with Gasteiger partial charge in [-0.15, -0.1) is 11.3 Å². The predicted molar refractivity (Wildman–Crippen MR) is 93.9 cm³/mol. The van der Waals surface area contributed by atoms with Crippen molar-refractivity contribution in [3.05, 3.63) is 22.7 Å². The normalized spacial score (nSPS) is 18.7. The van der Waals surface area contributed by atoms with Crippen molar-refractivity contribution >= 4 is 22.4 Å². The third-order valence-corrected chi connectivity index (χ3v) is 5.02. The molecule has 2 aromatic rings. The van der Waals surface area contributed by atoms with E-state index in [9.17, 15) is 4.79 Å². The number of thiazole rings is 1. The number of nitrogens with zero attached hydrogens (tertiary/aromatic N) is 5. The molecule has 8 heteroatoms. The van der Waals surface area contributed by atoms with Gasteiger partial charge in [-0.1, -0.05) is 0 Å². The molecule has 3 heterocycles. The molecule has 1 aliphatic rings. The van der Waals surface area contributed by atoms with Gasteiger partial charge in [0.1, 0.15) is 11.6 Å². The third kappa shape index (κ3) is 4.39. The van der Waals surface area contributed by atoms with E-state index >= 15 is 0 Å². The van der Waals surface area contributed by atoms with Gasteiger partial charge in [0, 0.05) is 31.9 Å². The van der Waals surface area contributed by atoms with E-state index in [0.717, 1.165) is 43.5 Å². The van der Waals surface area contributed by atoms with E-state index in [1.807, 2.05) is 23.9 Å². The van der Waals surface area contributed by atoms with Crippen LogP contribution in [0.25, 0.3) is 0 Å². The van der Waals surface area contributed by atoms with Crippen LogP contribution in [0.1, 0.15) is 37.1 Å². The molecule has 3 rings (SSSR count). The largest absolute Gasteiger partial charge is 0.302 e. The van der Waals surface area contributed by atoms with E-state index in [1.165, 1.54) is 31.1 Å². The van der Waals surface area contributed by atoms with Crippen LogP contribution in [0.3, 0.4) is 0 Å². The molecular weight excluding hydrogens is 324 g/mol. The monoisotopic (exact) mass is 348 g/mol. The molecule has 0 unspecified atom stereocenters. The number of anilines is 1. The number of aryl methyl sites for hydroxylation is 2. The average molecular weight is 348 g/mol. The zero-order valence-electron chi connectivity index (χ0n) is 14.4. The van der Waals surface area contributed by atoms with Crippen molar-refractivity contribution in [2.75, 3.05) is 18.4 Å². The highest BCUT2D eigenvalue weighted by Crippen LogP contribution is 2.22. The molecule has 1 atom stereocenters. The minimum absolute atomic E-state index is 0.0765. The van der Waals surface area contributed by atoms with Crippen molar-refractivity contribution < 1.29 is 4.79 Å². The third-order valence-electron chi connectivity index (χ3n) is 4.22. The molecule has 0 spiro atoms. The number of carbonyl (C=O) groups is 1. The predicted octanol–water partition coefficient (Wildman–Crippen LogP) is 2.22. The van der Waals surface area contributed by atoms with E-state index in [0.29, 0.717) is 11.0 Å². The summed E-state index contributed by atoms with van der Waals surface area (Å²) in [6, 6.07) is 0. The Hall–Kier alpha value is -1.80. The Balaban J connectivity index is 1.56. The summed E-state index contributed by atoms with van der Waals surface area (Å²) in [5.74, 6) is 2.34. The van der Waals surface area contributed by atoms with Gasteiger partial charge in [-0.25, -0.2) is 14.6 Å². The lowest BCUT2D eigenvalue weighted by molar-refractivity contribution is -0.114. The highest BCUT2D eigenvalue weighted by Gasteiger charge is 2.22. The maximum atomic E-state index is 11.1. The van der Waals surface area contributed by atoms with Crippen LogP contribution in [-0.2, 0) is 17.9 Å². The number of hydrogen-bond donors (Lipinski definition) is 1. The smallest absolute Gasteiger partial charge is 0.223 e. The second-order valence-corrected chi connectivity index (χ2v) is 7.31. The molecule has 0 aromatic carbocycles. The molecule has 1 N–H and O–H groups in total. The number of nitrogens with one attached hydrogen (secondary N) is 1. The molecular formula is C16H24N6OS. The van der Waals surface area contributed by atoms with Crippen molar-refractivity contribution in [2.24, 2.45) is 5.92 Å². The Bertz CT molecular complexity index is 709. The standard InChI is InChI=1S/C16H24N6OS/c1-11-17-12(2)22(20-11)8-14-5-4-6-21(7-14)9-15-10-24-16(19-15)18-13(3)23/h10,14H,4-9H2,1-3H3,(H,18,19,23)/t14-/m0/s1. The van der Waals surface area contributed by atoms with Gasteiger partial charge in [-0.2, -0.15) is 5.10 Å². The minimum Gasteiger partial charge on any atom is -0.302 e. The lowest BCUT2D eigenvalue weighted by Gasteiger charge is -2.32. The number of rotatable bonds is 5. The van der Waals surface area contributed by atoms with Gasteiger partial charge in [0.2, 0.25) is 5.91 Å². The van der Waals surface area contributed by atoms with Crippen LogP contribution in [0.15, 0.2) is 5.38 Å². The van der Waals surface area contributed by atoms with Gasteiger partial charge >= 0.3 is 0 Å². The van der Waals surface area contributed by atoms with E-state index in [4.69, 9.17) is 0 Å². The highest BCUT2D eigenvalue weighted by molar-refractivity contribution is 7.13. The molecule has 0 saturated carbocycles. The fraction of sp³-hybridized carbons (Fsp3) is 0.625. The van der Waals surface area contributed by atoms with Crippen LogP contribution in [-0.4, -0.2) is 43.6 Å². The average Bonchev–Trinajstić information content (AvgIpc) is 3.05. The Kier molecular flexibility index (Phi) is 5.25. The summed E-state index contributed by atoms with van der Waals surface area (Å²) in [5, 5.41) is 9.93. The first-order chi connectivity index (χ1) is 11.5. The lowest BCUT2D eigenvalue weighted by atomic mass is 9.98. The summed E-state index contributed by atoms with van der Waals surface area (Å²) in [7, 11) is 0. The molecule has 0 aliphatic carbocycles. The summed E-state index contributed by atoms with van der Waals surface area (Å²) in [4.78, 5) is 22.4. The second kappa shape index (κ2) is 7.40. The number of carbonyl (C=O) groups excluding carboxylic acids is 1. The van der Waals surface area contributed by atoms with Crippen LogP contribution in [0.2, 0.25) is 0 Å². The molecule has 0 radical (unpaired) electrons. The summed E-state index contributed by atoms with van der Waals surface area (Å²) in [6.45, 7) is 9.36. The van der Waals surface area contributed by atoms with Crippen molar-refractivity contribution in [2.45, 2.75) is 46.7 Å². The first-order valence-corrected chi connectivity index (χ1v) is 9.20. The summed E-state index contributed by atoms with van der Waals surface area (Å²) in [5.41, 5.74) is 1.03. The molecule has 1 aliphatic heterocycles. The maximum Gasteiger partial charge on any atom is 0.223 e. The van der Waals surface area contributed by atoms with Crippen LogP contribution >= 0.6 is 11.3 Å². The van der Waals surface area contributed by atoms with Gasteiger partial charge < -0.3 is 5.32 Å². The number of likely N-dealkylation sites (tertiary alicyclic amines) is 1. The molecule has 2 aromatic heterocycles. The Labute approximate surface area is 146 Å². The van der Waals surface area contributed by atoms with Gasteiger partial charge in [-0.05, 0) is 39.2 Å². The fourth-order valence-electron chi connectivity index (χ4n) is 3.24. The second-order valence-electron chi connectivity index (χ2n) is 6.46. The molecule has 24 heavy (non-hydrogen) atoms. The SMILES string of the molecule is CC(=O)Nc1nc(CN2CCC[C@H](Cn3nc(C)nc3C)C2)cs1. The van der Waals surface area contributed by atoms with E-state index < -0.39 is 0 Å². The zero-order valence-corrected chi connectivity index (χ0v) is 15.3. The Morgan fingerprint density at radius 3 is 2.96 bits per heavy atom. The van der Waals surface area contributed by atoms with Crippen LogP contribution in [0.5, 0.6) is 0 Å². The van der Waals surface area contributed by atoms with Crippen molar-refractivity contribution in [3.8, 4) is 0 Å². The van der Waals surface area contributed by atoms with Gasteiger partial charge in [0.05, 0.1) is 5.69 Å². The van der Waals surface area contributed by atoms with Crippen molar-refractivity contribution in [1.82, 2.24) is 24.6 Å². The van der Waals surface area contributed by atoms with Crippen LogP contribution < -0.4 is 5.32 Å². The van der Waals surface area contributed by atoms with Gasteiger partial charge in [0.25, 0.3) is 0 Å². The Morgan fingerprint density at radius 2 is 2.25 bits per heavy atom. The van der Waals surface area contributed by atoms with Gasteiger partial charge in [0.15, 0.2) is 5.13 Å². The molecule has 7 nitrogen and oxygen atoms in total. The highest BCUT2D eigenvalue weighted by atomic mass is 32.1. The van der Waals surface area contributed by atoms with E-state index in [1.54, 1.807) is 0 Å². The van der Waals surface area contributed by atoms with Gasteiger partial charge in [-0.3, -0.25) is 9.69 Å². The first-order valence-electron chi connectivity index (χ1n) is 8.32. The zero-order chi connectivity index (χ0) is 17.1. The summed E-state index contributed by atoms with van der Waals surface area (Å²) >= 11 is 1.48. The minimum atomic E-state index is -0.0765. The van der Waals surface area contributed by atoms with E-state index in [2.05, 4.69) is 25.3 Å².